The van der Waals surface area contributed by atoms with Crippen molar-refractivity contribution in [3.8, 4) is 0 Å². The predicted molar refractivity (Wildman–Crippen MR) is 111 cm³/mol. The molecule has 150 valence electrons. The molecule has 2 aliphatic carbocycles. The van der Waals surface area contributed by atoms with Crippen molar-refractivity contribution in [2.24, 2.45) is 23.7 Å². The topological polar surface area (TPSA) is 83.6 Å². The lowest BCUT2D eigenvalue weighted by Gasteiger charge is -2.17. The van der Waals surface area contributed by atoms with Crippen molar-refractivity contribution in [2.75, 3.05) is 10.2 Å². The van der Waals surface area contributed by atoms with Crippen molar-refractivity contribution in [3.63, 3.8) is 0 Å². The van der Waals surface area contributed by atoms with Crippen LogP contribution in [0.2, 0.25) is 0 Å². The van der Waals surface area contributed by atoms with Gasteiger partial charge < -0.3 is 5.32 Å². The zero-order chi connectivity index (χ0) is 21.0. The van der Waals surface area contributed by atoms with E-state index in [-0.39, 0.29) is 47.2 Å². The van der Waals surface area contributed by atoms with Gasteiger partial charge in [0.2, 0.25) is 11.8 Å². The van der Waals surface area contributed by atoms with Crippen LogP contribution in [0.15, 0.2) is 60.7 Å². The molecule has 1 saturated heterocycles. The Hall–Kier alpha value is -3.54. The third kappa shape index (κ3) is 2.79. The number of Topliss-reactive ketones (excluding diaryl/α,β-unsaturated/α-hetero) is 1. The zero-order valence-corrected chi connectivity index (χ0v) is 16.4. The predicted octanol–water partition coefficient (Wildman–Crippen LogP) is 3.45. The molecule has 2 aromatic carbocycles. The van der Waals surface area contributed by atoms with Gasteiger partial charge >= 0.3 is 0 Å². The first-order valence-electron chi connectivity index (χ1n) is 10.0. The van der Waals surface area contributed by atoms with Gasteiger partial charge in [0.1, 0.15) is 0 Å². The maximum absolute atomic E-state index is 12.9. The monoisotopic (exact) mass is 400 g/mol. The number of carbonyl (C=O) groups is 4. The number of nitrogens with one attached hydrogen (secondary N) is 1. The Kier molecular flexibility index (Phi) is 4.17. The second-order valence-corrected chi connectivity index (χ2v) is 8.15. The van der Waals surface area contributed by atoms with Crippen molar-refractivity contribution in [1.29, 1.82) is 0 Å². The fraction of sp³-hybridized carbons (Fsp3) is 0.250. The quantitative estimate of drug-likeness (QED) is 0.484. The molecule has 4 atom stereocenters. The summed E-state index contributed by atoms with van der Waals surface area (Å²) in [4.78, 5) is 51.1. The Morgan fingerprint density at radius 1 is 0.900 bits per heavy atom. The van der Waals surface area contributed by atoms with E-state index in [1.54, 1.807) is 48.5 Å². The van der Waals surface area contributed by atoms with E-state index in [1.165, 1.54) is 11.8 Å². The van der Waals surface area contributed by atoms with Crippen LogP contribution in [0.1, 0.15) is 34.1 Å². The number of allylic oxidation sites excluding steroid dienone is 2. The Morgan fingerprint density at radius 2 is 1.53 bits per heavy atom. The number of benzene rings is 2. The van der Waals surface area contributed by atoms with E-state index in [9.17, 15) is 19.2 Å². The Labute approximate surface area is 173 Å². The molecule has 3 aliphatic rings. The summed E-state index contributed by atoms with van der Waals surface area (Å²) in [5.74, 6) is -0.855. The van der Waals surface area contributed by atoms with Crippen LogP contribution in [-0.2, 0) is 9.59 Å². The van der Waals surface area contributed by atoms with Crippen LogP contribution in [-0.4, -0.2) is 23.5 Å². The summed E-state index contributed by atoms with van der Waals surface area (Å²) in [5.41, 5.74) is 1.93. The first-order valence-corrected chi connectivity index (χ1v) is 10.0. The van der Waals surface area contributed by atoms with E-state index in [4.69, 9.17) is 0 Å². The van der Waals surface area contributed by atoms with Crippen LogP contribution in [0.5, 0.6) is 0 Å². The molecule has 0 aromatic heterocycles. The van der Waals surface area contributed by atoms with Gasteiger partial charge in [0.15, 0.2) is 5.78 Å². The van der Waals surface area contributed by atoms with Gasteiger partial charge in [-0.3, -0.25) is 24.1 Å². The summed E-state index contributed by atoms with van der Waals surface area (Å²) in [5, 5.41) is 2.77. The maximum atomic E-state index is 12.9. The second kappa shape index (κ2) is 6.76. The number of imide groups is 1. The van der Waals surface area contributed by atoms with E-state index in [0.717, 1.165) is 6.42 Å². The van der Waals surface area contributed by atoms with Crippen molar-refractivity contribution in [1.82, 2.24) is 0 Å². The molecule has 3 amide bonds. The second-order valence-electron chi connectivity index (χ2n) is 8.15. The summed E-state index contributed by atoms with van der Waals surface area (Å²) in [6, 6.07) is 13.2. The summed E-state index contributed by atoms with van der Waals surface area (Å²) in [6.07, 6.45) is 5.02. The molecule has 6 heteroatoms. The standard InChI is InChI=1S/C24H20N2O4/c1-13(27)15-3-2-4-18(12-15)25-22(28)14-7-9-19(10-8-14)26-23(29)20-16-5-6-17(11-16)21(20)24(26)30/h2-10,12,16-17,20-21H,11H2,1H3,(H,25,28)/t16-,17-,20-,21+/m1/s1. The van der Waals surface area contributed by atoms with Gasteiger partial charge in [0.05, 0.1) is 17.5 Å². The van der Waals surface area contributed by atoms with E-state index in [2.05, 4.69) is 17.5 Å². The van der Waals surface area contributed by atoms with E-state index < -0.39 is 0 Å². The third-order valence-corrected chi connectivity index (χ3v) is 6.39. The largest absolute Gasteiger partial charge is 0.322 e. The van der Waals surface area contributed by atoms with Gasteiger partial charge in [0, 0.05) is 16.8 Å². The highest BCUT2D eigenvalue weighted by Crippen LogP contribution is 2.53. The molecule has 0 spiro atoms. The van der Waals surface area contributed by atoms with Gasteiger partial charge in [-0.15, -0.1) is 0 Å². The Balaban J connectivity index is 1.33. The molecule has 6 nitrogen and oxygen atoms in total. The lowest BCUT2D eigenvalue weighted by molar-refractivity contribution is -0.123. The molecule has 1 saturated carbocycles. The van der Waals surface area contributed by atoms with Gasteiger partial charge in [-0.25, -0.2) is 0 Å². The molecule has 2 fully saturated rings. The van der Waals surface area contributed by atoms with E-state index in [1.807, 2.05) is 0 Å². The number of rotatable bonds is 4. The van der Waals surface area contributed by atoms with Crippen molar-refractivity contribution < 1.29 is 19.2 Å². The fourth-order valence-electron chi connectivity index (χ4n) is 4.94. The fourth-order valence-corrected chi connectivity index (χ4v) is 4.94. The zero-order valence-electron chi connectivity index (χ0n) is 16.4. The van der Waals surface area contributed by atoms with E-state index >= 15 is 0 Å². The lowest BCUT2D eigenvalue weighted by Crippen LogP contribution is -2.32. The van der Waals surface area contributed by atoms with Crippen LogP contribution >= 0.6 is 0 Å². The molecular weight excluding hydrogens is 380 g/mol. The highest BCUT2D eigenvalue weighted by atomic mass is 16.2. The number of fused-ring (bicyclic) bond motifs is 5. The molecule has 30 heavy (non-hydrogen) atoms. The van der Waals surface area contributed by atoms with Crippen LogP contribution in [0.3, 0.4) is 0 Å². The molecule has 0 radical (unpaired) electrons. The molecule has 2 bridgehead atoms. The van der Waals surface area contributed by atoms with Crippen LogP contribution in [0.4, 0.5) is 11.4 Å². The number of carbonyl (C=O) groups excluding carboxylic acids is 4. The Bertz CT molecular complexity index is 1090. The normalized spacial score (nSPS) is 26.2. The van der Waals surface area contributed by atoms with Crippen molar-refractivity contribution >= 4 is 34.9 Å². The smallest absolute Gasteiger partial charge is 0.255 e. The maximum Gasteiger partial charge on any atom is 0.255 e. The minimum Gasteiger partial charge on any atom is -0.322 e. The number of amides is 3. The first kappa shape index (κ1) is 18.5. The minimum absolute atomic E-state index is 0.0798. The summed E-state index contributed by atoms with van der Waals surface area (Å²) >= 11 is 0. The van der Waals surface area contributed by atoms with Crippen molar-refractivity contribution in [3.05, 3.63) is 71.8 Å². The number of hydrogen-bond acceptors (Lipinski definition) is 4. The van der Waals surface area contributed by atoms with Gasteiger partial charge in [0.25, 0.3) is 5.91 Å². The number of ketones is 1. The molecule has 2 aromatic rings. The van der Waals surface area contributed by atoms with Crippen molar-refractivity contribution in [2.45, 2.75) is 13.3 Å². The summed E-state index contributed by atoms with van der Waals surface area (Å²) < 4.78 is 0. The average Bonchev–Trinajstić information content (AvgIpc) is 3.42. The molecule has 1 heterocycles. The molecule has 1 N–H and O–H groups in total. The molecule has 1 aliphatic heterocycles. The molecule has 0 unspecified atom stereocenters. The van der Waals surface area contributed by atoms with E-state index in [0.29, 0.717) is 22.5 Å². The molecular formula is C24H20N2O4. The minimum atomic E-state index is -0.333. The van der Waals surface area contributed by atoms with Gasteiger partial charge in [-0.2, -0.15) is 0 Å². The number of nitrogens with zero attached hydrogens (tertiary/aromatic N) is 1. The summed E-state index contributed by atoms with van der Waals surface area (Å²) in [7, 11) is 0. The first-order chi connectivity index (χ1) is 14.4. The SMILES string of the molecule is CC(=O)c1cccc(NC(=O)c2ccc(N3C(=O)[C@@H]4[C@H](C3=O)[C@@H]3C=C[C@@H]4C3)cc2)c1. The van der Waals surface area contributed by atoms with Gasteiger partial charge in [-0.05, 0) is 61.6 Å². The third-order valence-electron chi connectivity index (χ3n) is 6.39. The average molecular weight is 400 g/mol. The van der Waals surface area contributed by atoms with Crippen LogP contribution in [0.25, 0.3) is 0 Å². The Morgan fingerprint density at radius 3 is 2.13 bits per heavy atom. The number of hydrogen-bond donors (Lipinski definition) is 1. The van der Waals surface area contributed by atoms with Crippen LogP contribution in [0, 0.1) is 23.7 Å². The van der Waals surface area contributed by atoms with Crippen LogP contribution < -0.4 is 10.2 Å². The summed E-state index contributed by atoms with van der Waals surface area (Å²) in [6.45, 7) is 1.47. The highest BCUT2D eigenvalue weighted by Gasteiger charge is 2.59. The highest BCUT2D eigenvalue weighted by molar-refractivity contribution is 6.23. The lowest BCUT2D eigenvalue weighted by atomic mass is 9.85. The molecule has 5 rings (SSSR count). The number of anilines is 2. The van der Waals surface area contributed by atoms with Gasteiger partial charge in [-0.1, -0.05) is 24.3 Å².